The van der Waals surface area contributed by atoms with Crippen LogP contribution in [0.4, 0.5) is 0 Å². The summed E-state index contributed by atoms with van der Waals surface area (Å²) in [5, 5.41) is 0. The Bertz CT molecular complexity index is 295. The second kappa shape index (κ2) is 3.80. The fraction of sp³-hybridized carbons (Fsp3) is 0.778. The maximum atomic E-state index is 11.2. The Morgan fingerprint density at radius 2 is 2.31 bits per heavy atom. The van der Waals surface area contributed by atoms with Crippen LogP contribution in [0, 0.1) is 5.92 Å². The maximum Gasteiger partial charge on any atom is 0.150 e. The molecule has 2 atom stereocenters. The Morgan fingerprint density at radius 3 is 2.69 bits per heavy atom. The van der Waals surface area contributed by atoms with E-state index < -0.39 is 9.84 Å². The lowest BCUT2D eigenvalue weighted by Gasteiger charge is -2.17. The molecule has 2 N–H and O–H groups in total. The average Bonchev–Trinajstić information content (AvgIpc) is 2.28. The molecule has 1 saturated heterocycles. The van der Waals surface area contributed by atoms with Crippen LogP contribution in [0.1, 0.15) is 19.8 Å². The highest BCUT2D eigenvalue weighted by atomic mass is 32.2. The van der Waals surface area contributed by atoms with E-state index in [9.17, 15) is 8.42 Å². The van der Waals surface area contributed by atoms with Crippen molar-refractivity contribution >= 4 is 9.84 Å². The highest BCUT2D eigenvalue weighted by Crippen LogP contribution is 2.23. The first-order valence-electron chi connectivity index (χ1n) is 4.51. The van der Waals surface area contributed by atoms with Gasteiger partial charge >= 0.3 is 0 Å². The van der Waals surface area contributed by atoms with E-state index in [2.05, 4.69) is 6.58 Å². The molecule has 2 unspecified atom stereocenters. The van der Waals surface area contributed by atoms with E-state index in [0.29, 0.717) is 5.75 Å². The summed E-state index contributed by atoms with van der Waals surface area (Å²) in [7, 11) is -2.79. The molecule has 0 bridgehead atoms. The van der Waals surface area contributed by atoms with Crippen LogP contribution >= 0.6 is 0 Å². The molecule has 1 aliphatic heterocycles. The predicted octanol–water partition coefficient (Wildman–Crippen LogP) is 0.715. The molecule has 0 spiro atoms. The first kappa shape index (κ1) is 10.7. The van der Waals surface area contributed by atoms with Gasteiger partial charge in [-0.1, -0.05) is 5.57 Å². The van der Waals surface area contributed by atoms with E-state index in [0.717, 1.165) is 18.4 Å². The van der Waals surface area contributed by atoms with Crippen LogP contribution in [-0.4, -0.2) is 26.0 Å². The van der Waals surface area contributed by atoms with Gasteiger partial charge < -0.3 is 5.73 Å². The van der Waals surface area contributed by atoms with Crippen molar-refractivity contribution in [3.05, 3.63) is 12.2 Å². The van der Waals surface area contributed by atoms with E-state index in [-0.39, 0.29) is 17.7 Å². The molecule has 0 aromatic carbocycles. The van der Waals surface area contributed by atoms with Crippen LogP contribution in [-0.2, 0) is 9.84 Å². The summed E-state index contributed by atoms with van der Waals surface area (Å²) in [6, 6.07) is -0.0326. The number of hydrogen-bond acceptors (Lipinski definition) is 3. The highest BCUT2D eigenvalue weighted by molar-refractivity contribution is 7.91. The lowest BCUT2D eigenvalue weighted by Crippen LogP contribution is -2.31. The van der Waals surface area contributed by atoms with Crippen molar-refractivity contribution < 1.29 is 8.42 Å². The van der Waals surface area contributed by atoms with Crippen LogP contribution < -0.4 is 5.73 Å². The minimum Gasteiger partial charge on any atom is -0.327 e. The van der Waals surface area contributed by atoms with Gasteiger partial charge in [-0.2, -0.15) is 0 Å². The van der Waals surface area contributed by atoms with Gasteiger partial charge in [-0.25, -0.2) is 8.42 Å². The zero-order valence-electron chi connectivity index (χ0n) is 7.99. The van der Waals surface area contributed by atoms with E-state index in [1.165, 1.54) is 0 Å². The second-order valence-electron chi connectivity index (χ2n) is 3.99. The summed E-state index contributed by atoms with van der Waals surface area (Å²) in [6.45, 7) is 5.69. The van der Waals surface area contributed by atoms with Gasteiger partial charge in [0, 0.05) is 6.04 Å². The minimum absolute atomic E-state index is 0.0326. The fourth-order valence-corrected chi connectivity index (χ4v) is 3.63. The third-order valence-electron chi connectivity index (χ3n) is 2.46. The van der Waals surface area contributed by atoms with Crippen molar-refractivity contribution in [2.24, 2.45) is 11.7 Å². The zero-order chi connectivity index (χ0) is 10.1. The van der Waals surface area contributed by atoms with Gasteiger partial charge in [0.25, 0.3) is 0 Å². The van der Waals surface area contributed by atoms with Crippen molar-refractivity contribution in [3.63, 3.8) is 0 Å². The first-order chi connectivity index (χ1) is 5.91. The number of hydrogen-bond donors (Lipinski definition) is 1. The molecule has 3 nitrogen and oxygen atoms in total. The Hall–Kier alpha value is -0.350. The zero-order valence-corrected chi connectivity index (χ0v) is 8.81. The van der Waals surface area contributed by atoms with Gasteiger partial charge in [-0.15, -0.1) is 6.58 Å². The van der Waals surface area contributed by atoms with E-state index in [1.54, 1.807) is 0 Å². The maximum absolute atomic E-state index is 11.2. The van der Waals surface area contributed by atoms with Gasteiger partial charge in [-0.3, -0.25) is 0 Å². The first-order valence-corrected chi connectivity index (χ1v) is 6.33. The Balaban J connectivity index is 2.51. The Morgan fingerprint density at radius 1 is 1.69 bits per heavy atom. The highest BCUT2D eigenvalue weighted by Gasteiger charge is 2.31. The number of rotatable bonds is 3. The molecular formula is C9H17NO2S. The van der Waals surface area contributed by atoms with Crippen LogP contribution in [0.2, 0.25) is 0 Å². The predicted molar refractivity (Wildman–Crippen MR) is 54.2 cm³/mol. The average molecular weight is 203 g/mol. The quantitative estimate of drug-likeness (QED) is 0.687. The SMILES string of the molecule is C=C(C)CC(N)C1CCS(=O)(=O)C1. The number of sulfone groups is 1. The molecule has 0 saturated carbocycles. The van der Waals surface area contributed by atoms with Crippen molar-refractivity contribution in [1.82, 2.24) is 0 Å². The molecular weight excluding hydrogens is 186 g/mol. The van der Waals surface area contributed by atoms with E-state index in [4.69, 9.17) is 5.73 Å². The van der Waals surface area contributed by atoms with Crippen molar-refractivity contribution in [3.8, 4) is 0 Å². The third-order valence-corrected chi connectivity index (χ3v) is 4.25. The molecule has 0 aromatic rings. The molecule has 13 heavy (non-hydrogen) atoms. The van der Waals surface area contributed by atoms with Gasteiger partial charge in [0.1, 0.15) is 0 Å². The summed E-state index contributed by atoms with van der Waals surface area (Å²) >= 11 is 0. The van der Waals surface area contributed by atoms with Gasteiger partial charge in [0.05, 0.1) is 11.5 Å². The molecule has 1 fully saturated rings. The normalized spacial score (nSPS) is 28.6. The third kappa shape index (κ3) is 3.12. The summed E-state index contributed by atoms with van der Waals surface area (Å²) in [5.74, 6) is 0.713. The molecule has 76 valence electrons. The van der Waals surface area contributed by atoms with Gasteiger partial charge in [0.2, 0.25) is 0 Å². The topological polar surface area (TPSA) is 60.2 Å². The van der Waals surface area contributed by atoms with Gasteiger partial charge in [0.15, 0.2) is 9.84 Å². The molecule has 0 aromatic heterocycles. The lowest BCUT2D eigenvalue weighted by atomic mass is 9.95. The number of nitrogens with two attached hydrogens (primary N) is 1. The molecule has 0 amide bonds. The summed E-state index contributed by atoms with van der Waals surface area (Å²) in [4.78, 5) is 0. The monoisotopic (exact) mass is 203 g/mol. The Labute approximate surface area is 79.9 Å². The standard InChI is InChI=1S/C9H17NO2S/c1-7(2)5-9(10)8-3-4-13(11,12)6-8/h8-9H,1,3-6,10H2,2H3. The molecule has 1 aliphatic rings. The fourth-order valence-electron chi connectivity index (χ4n) is 1.73. The van der Waals surface area contributed by atoms with Crippen LogP contribution in [0.15, 0.2) is 12.2 Å². The smallest absolute Gasteiger partial charge is 0.150 e. The van der Waals surface area contributed by atoms with E-state index in [1.807, 2.05) is 6.92 Å². The Kier molecular flexibility index (Phi) is 3.14. The minimum atomic E-state index is -2.79. The molecule has 1 rings (SSSR count). The van der Waals surface area contributed by atoms with Crippen LogP contribution in [0.5, 0.6) is 0 Å². The molecule has 4 heteroatoms. The van der Waals surface area contributed by atoms with Crippen LogP contribution in [0.25, 0.3) is 0 Å². The summed E-state index contributed by atoms with van der Waals surface area (Å²) < 4.78 is 22.3. The molecule has 0 aliphatic carbocycles. The second-order valence-corrected chi connectivity index (χ2v) is 6.22. The summed E-state index contributed by atoms with van der Waals surface area (Å²) in [6.07, 6.45) is 1.46. The van der Waals surface area contributed by atoms with Gasteiger partial charge in [-0.05, 0) is 25.7 Å². The molecule has 0 radical (unpaired) electrons. The summed E-state index contributed by atoms with van der Waals surface area (Å²) in [5.41, 5.74) is 6.90. The van der Waals surface area contributed by atoms with Crippen molar-refractivity contribution in [1.29, 1.82) is 0 Å². The van der Waals surface area contributed by atoms with Crippen LogP contribution in [0.3, 0.4) is 0 Å². The lowest BCUT2D eigenvalue weighted by molar-refractivity contribution is 0.460. The van der Waals surface area contributed by atoms with E-state index >= 15 is 0 Å². The van der Waals surface area contributed by atoms with Crippen molar-refractivity contribution in [2.45, 2.75) is 25.8 Å². The largest absolute Gasteiger partial charge is 0.327 e. The molecule has 1 heterocycles. The van der Waals surface area contributed by atoms with Crippen molar-refractivity contribution in [2.75, 3.05) is 11.5 Å².